The van der Waals surface area contributed by atoms with E-state index in [-0.39, 0.29) is 5.91 Å². The third-order valence-electron chi connectivity index (χ3n) is 1.75. The van der Waals surface area contributed by atoms with Gasteiger partial charge in [-0.15, -0.1) is 0 Å². The van der Waals surface area contributed by atoms with Crippen LogP contribution in [0.15, 0.2) is 24.4 Å². The molecular weight excluding hydrogens is 178 g/mol. The Morgan fingerprint density at radius 3 is 3.00 bits per heavy atom. The van der Waals surface area contributed by atoms with Gasteiger partial charge < -0.3 is 0 Å². The average molecular weight is 193 g/mol. The van der Waals surface area contributed by atoms with Gasteiger partial charge in [0.05, 0.1) is 0 Å². The summed E-state index contributed by atoms with van der Waals surface area (Å²) in [5.74, 6) is 0.648. The third-order valence-corrected chi connectivity index (χ3v) is 1.75. The molecule has 1 rings (SSSR count). The predicted octanol–water partition coefficient (Wildman–Crippen LogP) is 1.71. The summed E-state index contributed by atoms with van der Waals surface area (Å²) in [4.78, 5) is 15.2. The second kappa shape index (κ2) is 5.96. The van der Waals surface area contributed by atoms with E-state index in [1.807, 2.05) is 12.1 Å². The maximum absolute atomic E-state index is 11.2. The number of hydrogen-bond donors (Lipinski definition) is 2. The summed E-state index contributed by atoms with van der Waals surface area (Å²) < 4.78 is 0. The van der Waals surface area contributed by atoms with Gasteiger partial charge in [0.15, 0.2) is 0 Å². The summed E-state index contributed by atoms with van der Waals surface area (Å²) in [7, 11) is 0. The van der Waals surface area contributed by atoms with Crippen LogP contribution in [0.1, 0.15) is 26.2 Å². The molecule has 1 heterocycles. The van der Waals surface area contributed by atoms with E-state index in [4.69, 9.17) is 0 Å². The number of amides is 1. The number of hydrogen-bond acceptors (Lipinski definition) is 3. The van der Waals surface area contributed by atoms with E-state index in [9.17, 15) is 4.79 Å². The second-order valence-corrected chi connectivity index (χ2v) is 2.99. The van der Waals surface area contributed by atoms with E-state index < -0.39 is 0 Å². The van der Waals surface area contributed by atoms with Gasteiger partial charge in [0.2, 0.25) is 5.91 Å². The van der Waals surface area contributed by atoms with Crippen LogP contribution in [-0.2, 0) is 4.79 Å². The fraction of sp³-hybridized carbons (Fsp3) is 0.400. The Bertz CT molecular complexity index is 274. The number of carbonyl (C=O) groups is 1. The van der Waals surface area contributed by atoms with E-state index >= 15 is 0 Å². The van der Waals surface area contributed by atoms with Crippen LogP contribution in [0.5, 0.6) is 0 Å². The molecule has 1 amide bonds. The van der Waals surface area contributed by atoms with Gasteiger partial charge in [-0.05, 0) is 18.6 Å². The zero-order valence-electron chi connectivity index (χ0n) is 8.29. The molecule has 0 spiro atoms. The predicted molar refractivity (Wildman–Crippen MR) is 55.5 cm³/mol. The highest BCUT2D eigenvalue weighted by Gasteiger charge is 1.98. The van der Waals surface area contributed by atoms with E-state index in [0.29, 0.717) is 12.2 Å². The number of nitrogens with zero attached hydrogens (tertiary/aromatic N) is 1. The monoisotopic (exact) mass is 193 g/mol. The van der Waals surface area contributed by atoms with Crippen molar-refractivity contribution < 1.29 is 4.79 Å². The Kier molecular flexibility index (Phi) is 4.47. The molecular formula is C10H15N3O. The topological polar surface area (TPSA) is 54.0 Å². The van der Waals surface area contributed by atoms with E-state index in [1.54, 1.807) is 12.3 Å². The lowest BCUT2D eigenvalue weighted by atomic mass is 10.2. The summed E-state index contributed by atoms with van der Waals surface area (Å²) in [6.45, 7) is 2.06. The number of pyridine rings is 1. The Morgan fingerprint density at radius 2 is 2.36 bits per heavy atom. The van der Waals surface area contributed by atoms with Crippen molar-refractivity contribution in [3.05, 3.63) is 24.4 Å². The lowest BCUT2D eigenvalue weighted by Crippen LogP contribution is -2.29. The van der Waals surface area contributed by atoms with Crippen LogP contribution < -0.4 is 10.9 Å². The Hall–Kier alpha value is -1.58. The van der Waals surface area contributed by atoms with Gasteiger partial charge in [-0.2, -0.15) is 0 Å². The number of hydrazine groups is 1. The quantitative estimate of drug-likeness (QED) is 0.700. The number of nitrogens with one attached hydrogen (secondary N) is 2. The molecule has 0 aliphatic rings. The van der Waals surface area contributed by atoms with E-state index in [0.717, 1.165) is 12.8 Å². The Balaban J connectivity index is 2.24. The maximum Gasteiger partial charge on any atom is 0.238 e. The van der Waals surface area contributed by atoms with Crippen LogP contribution in [0, 0.1) is 0 Å². The normalized spacial score (nSPS) is 9.50. The fourth-order valence-corrected chi connectivity index (χ4v) is 0.970. The van der Waals surface area contributed by atoms with Crippen LogP contribution in [0.4, 0.5) is 5.82 Å². The number of rotatable bonds is 5. The highest BCUT2D eigenvalue weighted by atomic mass is 16.2. The highest BCUT2D eigenvalue weighted by Crippen LogP contribution is 1.98. The van der Waals surface area contributed by atoms with Crippen molar-refractivity contribution in [3.63, 3.8) is 0 Å². The van der Waals surface area contributed by atoms with Crippen molar-refractivity contribution in [3.8, 4) is 0 Å². The van der Waals surface area contributed by atoms with Gasteiger partial charge >= 0.3 is 0 Å². The molecule has 0 aliphatic heterocycles. The zero-order chi connectivity index (χ0) is 10.2. The maximum atomic E-state index is 11.2. The summed E-state index contributed by atoms with van der Waals surface area (Å²) in [6, 6.07) is 5.47. The van der Waals surface area contributed by atoms with Crippen LogP contribution in [0.3, 0.4) is 0 Å². The molecule has 0 aromatic carbocycles. The highest BCUT2D eigenvalue weighted by molar-refractivity contribution is 5.76. The lowest BCUT2D eigenvalue weighted by Gasteiger charge is -2.06. The number of anilines is 1. The third kappa shape index (κ3) is 3.89. The van der Waals surface area contributed by atoms with Gasteiger partial charge in [0.1, 0.15) is 5.82 Å². The molecule has 14 heavy (non-hydrogen) atoms. The number of aromatic nitrogens is 1. The summed E-state index contributed by atoms with van der Waals surface area (Å²) in [5, 5.41) is 0. The van der Waals surface area contributed by atoms with E-state index in [2.05, 4.69) is 22.8 Å². The smallest absolute Gasteiger partial charge is 0.238 e. The van der Waals surface area contributed by atoms with Gasteiger partial charge in [-0.25, -0.2) is 4.98 Å². The van der Waals surface area contributed by atoms with Crippen LogP contribution in [0.25, 0.3) is 0 Å². The summed E-state index contributed by atoms with van der Waals surface area (Å²) in [5.41, 5.74) is 5.32. The molecule has 0 radical (unpaired) electrons. The van der Waals surface area contributed by atoms with Crippen LogP contribution in [0.2, 0.25) is 0 Å². The molecule has 1 aromatic rings. The Morgan fingerprint density at radius 1 is 1.50 bits per heavy atom. The first kappa shape index (κ1) is 10.5. The van der Waals surface area contributed by atoms with Gasteiger partial charge in [-0.3, -0.25) is 15.6 Å². The molecule has 0 aliphatic carbocycles. The minimum atomic E-state index is -0.00231. The summed E-state index contributed by atoms with van der Waals surface area (Å²) in [6.07, 6.45) is 4.16. The summed E-state index contributed by atoms with van der Waals surface area (Å²) >= 11 is 0. The molecule has 2 N–H and O–H groups in total. The minimum Gasteiger partial charge on any atom is -0.282 e. The number of unbranched alkanes of at least 4 members (excludes halogenated alkanes) is 1. The van der Waals surface area contributed by atoms with Gasteiger partial charge in [-0.1, -0.05) is 19.4 Å². The lowest BCUT2D eigenvalue weighted by molar-refractivity contribution is -0.120. The molecule has 76 valence electrons. The van der Waals surface area contributed by atoms with Crippen LogP contribution in [-0.4, -0.2) is 10.9 Å². The van der Waals surface area contributed by atoms with Crippen LogP contribution >= 0.6 is 0 Å². The first-order valence-corrected chi connectivity index (χ1v) is 4.79. The molecule has 0 bridgehead atoms. The van der Waals surface area contributed by atoms with Gasteiger partial charge in [0, 0.05) is 12.6 Å². The molecule has 1 aromatic heterocycles. The zero-order valence-corrected chi connectivity index (χ0v) is 8.29. The molecule has 0 fully saturated rings. The minimum absolute atomic E-state index is 0.00231. The first-order valence-electron chi connectivity index (χ1n) is 4.79. The average Bonchev–Trinajstić information content (AvgIpc) is 2.25. The van der Waals surface area contributed by atoms with Crippen molar-refractivity contribution >= 4 is 11.7 Å². The molecule has 0 saturated carbocycles. The second-order valence-electron chi connectivity index (χ2n) is 2.99. The largest absolute Gasteiger partial charge is 0.282 e. The first-order chi connectivity index (χ1) is 6.83. The molecule has 0 unspecified atom stereocenters. The molecule has 0 saturated heterocycles. The van der Waals surface area contributed by atoms with Crippen molar-refractivity contribution in [1.29, 1.82) is 0 Å². The van der Waals surface area contributed by atoms with Crippen molar-refractivity contribution in [2.45, 2.75) is 26.2 Å². The van der Waals surface area contributed by atoms with Crippen molar-refractivity contribution in [2.75, 3.05) is 5.43 Å². The fourth-order valence-electron chi connectivity index (χ4n) is 0.970. The Labute approximate surface area is 83.7 Å². The number of carbonyl (C=O) groups excluding carboxylic acids is 1. The molecule has 4 nitrogen and oxygen atoms in total. The molecule has 0 atom stereocenters. The van der Waals surface area contributed by atoms with E-state index in [1.165, 1.54) is 0 Å². The van der Waals surface area contributed by atoms with Crippen molar-refractivity contribution in [2.24, 2.45) is 0 Å². The van der Waals surface area contributed by atoms with Crippen molar-refractivity contribution in [1.82, 2.24) is 10.4 Å². The standard InChI is InChI=1S/C10H15N3O/c1-2-3-7-10(14)13-12-9-6-4-5-8-11-9/h4-6,8H,2-3,7H2,1H3,(H,11,12)(H,13,14). The van der Waals surface area contributed by atoms with Gasteiger partial charge in [0.25, 0.3) is 0 Å². The SMILES string of the molecule is CCCCC(=O)NNc1ccccn1. The molecule has 4 heteroatoms.